The van der Waals surface area contributed by atoms with Gasteiger partial charge in [-0.3, -0.25) is 14.1 Å². The Bertz CT molecular complexity index is 2580. The third-order valence-electron chi connectivity index (χ3n) is 20.0. The molecule has 0 bridgehead atoms. The molecule has 0 aromatic heterocycles. The summed E-state index contributed by atoms with van der Waals surface area (Å²) in [7, 11) is -4.03. The van der Waals surface area contributed by atoms with Gasteiger partial charge in [-0.1, -0.05) is 57.1 Å². The van der Waals surface area contributed by atoms with Gasteiger partial charge in [-0.15, -0.1) is 0 Å². The molecule has 5 saturated heterocycles. The van der Waals surface area contributed by atoms with Crippen LogP contribution in [-0.4, -0.2) is 244 Å². The van der Waals surface area contributed by atoms with Crippen molar-refractivity contribution in [3.05, 3.63) is 35.5 Å². The SMILES string of the molecule is CO[C@@H]1[C@@H](O)[C@H](O[C@@H]2[C@@H](O)[C@H](O[C@H]3[C@H](O)[C@@H](O)[C@H](O[C@H]4[C@H](O[C@H]5CC[C@]6(C)[C@@H]7CC[C@]89C(=O)O[C@@](C)(/C=C/C=C(C)C)[C@@]8(O)[C@@H](OC(C)=O)C[C@@]9(C)C7=CC[C@H]6C5(C)C)OC[C@@H](OS(=O)(=O)O)[C@@H]4O)O[C@@H]3CO)OC[C@H]2O)O[C@H](CO)[C@H]1O. The molecular weight excluding hydrogens is 1120 g/mol. The molecule has 0 aromatic rings. The summed E-state index contributed by atoms with van der Waals surface area (Å²) in [4.78, 5) is 27.5. The molecule has 11 N–H and O–H groups in total. The van der Waals surface area contributed by atoms with Gasteiger partial charge in [-0.25, -0.2) is 4.18 Å². The Morgan fingerprint density at radius 3 is 2.00 bits per heavy atom. The number of hydrogen-bond acceptors (Lipinski definition) is 26. The van der Waals surface area contributed by atoms with Gasteiger partial charge in [0.25, 0.3) is 0 Å². The molecule has 9 aliphatic rings. The zero-order chi connectivity index (χ0) is 60.9. The van der Waals surface area contributed by atoms with E-state index in [1.807, 2.05) is 40.7 Å². The van der Waals surface area contributed by atoms with Crippen LogP contribution in [0.15, 0.2) is 35.5 Å². The summed E-state index contributed by atoms with van der Waals surface area (Å²) < 4.78 is 103. The zero-order valence-corrected chi connectivity index (χ0v) is 48.8. The van der Waals surface area contributed by atoms with Gasteiger partial charge >= 0.3 is 22.3 Å². The van der Waals surface area contributed by atoms with E-state index in [-0.39, 0.29) is 24.7 Å². The minimum atomic E-state index is -5.22. The van der Waals surface area contributed by atoms with Gasteiger partial charge in [0.15, 0.2) is 36.4 Å². The summed E-state index contributed by atoms with van der Waals surface area (Å²) in [6.45, 7) is 12.1. The lowest BCUT2D eigenvalue weighted by Gasteiger charge is -2.64. The molecule has 27 nitrogen and oxygen atoms in total. The van der Waals surface area contributed by atoms with Gasteiger partial charge in [0, 0.05) is 19.4 Å². The van der Waals surface area contributed by atoms with Crippen molar-refractivity contribution in [1.82, 2.24) is 0 Å². The highest BCUT2D eigenvalue weighted by Gasteiger charge is 2.87. The van der Waals surface area contributed by atoms with Crippen molar-refractivity contribution in [1.29, 1.82) is 0 Å². The molecule has 0 aromatic carbocycles. The Morgan fingerprint density at radius 1 is 0.735 bits per heavy atom. The summed E-state index contributed by atoms with van der Waals surface area (Å²) in [5.41, 5.74) is -5.20. The third kappa shape index (κ3) is 10.8. The van der Waals surface area contributed by atoms with E-state index in [1.165, 1.54) is 14.0 Å². The highest BCUT2D eigenvalue weighted by Crippen LogP contribution is 2.77. The van der Waals surface area contributed by atoms with Crippen LogP contribution in [0.5, 0.6) is 0 Å². The van der Waals surface area contributed by atoms with Crippen molar-refractivity contribution in [2.45, 2.75) is 228 Å². The lowest BCUT2D eigenvalue weighted by Crippen LogP contribution is -2.66. The standard InChI is InChI=1S/C55H84O27S/c1-24(2)11-10-16-53(8)55(67)34(74-25(3)58)19-52(7)27-12-13-32-50(4,5)33(15-17-51(32,6)26(27)14-18-54(52,55)49(66)81-53)77-48-44(36(61)31(23-73-48)82-83(68,69)70)80-46-38(63)37(62)42(30(21-57)76-46)79-45-39(64)41(28(59)22-72-45)78-47-40(65)43(71-9)35(60)29(20-56)75-47/h10-12,16,26,28-48,56-57,59-65,67H,13-15,17-23H2,1-9H3,(H,68,69,70)/b16-10+/t26-,28-,29-,30-,31-,32+,33+,34+,35-,36+,37-,38-,39-,40-,41+,42-,43+,44-,45+,46+,47+,48+,51-,52+,53+,54-,55+/m1/s1. The van der Waals surface area contributed by atoms with Crippen LogP contribution in [0.25, 0.3) is 0 Å². The molecule has 0 amide bonds. The smallest absolute Gasteiger partial charge is 0.397 e. The lowest BCUT2D eigenvalue weighted by molar-refractivity contribution is -0.385. The van der Waals surface area contributed by atoms with E-state index in [4.69, 9.17) is 56.3 Å². The van der Waals surface area contributed by atoms with Gasteiger partial charge in [0.05, 0.1) is 32.5 Å². The normalized spacial score (nSPS) is 49.6. The maximum atomic E-state index is 14.7. The average molecular weight is 1210 g/mol. The number of rotatable bonds is 16. The van der Waals surface area contributed by atoms with Gasteiger partial charge < -0.3 is 103 Å². The molecule has 9 rings (SSSR count). The zero-order valence-electron chi connectivity index (χ0n) is 47.9. The van der Waals surface area contributed by atoms with Gasteiger partial charge in [0.2, 0.25) is 0 Å². The van der Waals surface area contributed by atoms with E-state index in [0.717, 1.165) is 11.1 Å². The molecule has 27 atom stereocenters. The topological polar surface area (TPSA) is 402 Å². The molecule has 5 aliphatic heterocycles. The molecular formula is C55H84O27S. The molecule has 3 saturated carbocycles. The van der Waals surface area contributed by atoms with E-state index in [1.54, 1.807) is 19.1 Å². The van der Waals surface area contributed by atoms with Gasteiger partial charge in [-0.2, -0.15) is 8.42 Å². The van der Waals surface area contributed by atoms with E-state index < -0.39 is 204 Å². The minimum absolute atomic E-state index is 0.121. The van der Waals surface area contributed by atoms with E-state index in [9.17, 15) is 73.6 Å². The number of carbonyl (C=O) groups is 2. The second kappa shape index (κ2) is 23.7. The van der Waals surface area contributed by atoms with Crippen LogP contribution in [0.3, 0.4) is 0 Å². The first-order valence-corrected chi connectivity index (χ1v) is 29.6. The van der Waals surface area contributed by atoms with Crippen LogP contribution < -0.4 is 0 Å². The lowest BCUT2D eigenvalue weighted by atomic mass is 9.40. The van der Waals surface area contributed by atoms with Crippen LogP contribution in [-0.2, 0) is 76.3 Å². The van der Waals surface area contributed by atoms with Crippen LogP contribution in [0, 0.1) is 33.5 Å². The number of methoxy groups -OCH3 is 1. The Balaban J connectivity index is 0.929. The van der Waals surface area contributed by atoms with Crippen molar-refractivity contribution in [2.75, 3.05) is 33.5 Å². The highest BCUT2D eigenvalue weighted by atomic mass is 32.3. The molecule has 0 unspecified atom stereocenters. The molecule has 83 heavy (non-hydrogen) atoms. The van der Waals surface area contributed by atoms with Crippen LogP contribution in [0.1, 0.15) is 93.9 Å². The molecule has 472 valence electrons. The van der Waals surface area contributed by atoms with E-state index in [0.29, 0.717) is 25.7 Å². The van der Waals surface area contributed by atoms with Gasteiger partial charge in [-0.05, 0) is 88.0 Å². The Labute approximate surface area is 481 Å². The van der Waals surface area contributed by atoms with Crippen molar-refractivity contribution < 1.29 is 130 Å². The summed E-state index contributed by atoms with van der Waals surface area (Å²) in [5.74, 6) is -1.41. The molecule has 0 radical (unpaired) electrons. The number of hydrogen-bond donors (Lipinski definition) is 11. The number of esters is 2. The number of fused-ring (bicyclic) bond motifs is 4. The summed E-state index contributed by atoms with van der Waals surface area (Å²) >= 11 is 0. The highest BCUT2D eigenvalue weighted by molar-refractivity contribution is 7.80. The van der Waals surface area contributed by atoms with Crippen molar-refractivity contribution >= 4 is 22.3 Å². The number of carbonyl (C=O) groups excluding carboxylic acids is 2. The van der Waals surface area contributed by atoms with Crippen LogP contribution in [0.2, 0.25) is 0 Å². The summed E-state index contributed by atoms with van der Waals surface area (Å²) in [6.07, 6.45) is -23.2. The quantitative estimate of drug-likeness (QED) is 0.0362. The van der Waals surface area contributed by atoms with Crippen LogP contribution in [0.4, 0.5) is 0 Å². The van der Waals surface area contributed by atoms with Crippen molar-refractivity contribution in [2.24, 2.45) is 33.5 Å². The maximum absolute atomic E-state index is 14.7. The second-order valence-corrected chi connectivity index (χ2v) is 26.4. The minimum Gasteiger partial charge on any atom is -0.459 e. The second-order valence-electron chi connectivity index (χ2n) is 25.4. The molecule has 8 fully saturated rings. The third-order valence-corrected chi connectivity index (χ3v) is 20.5. The van der Waals surface area contributed by atoms with Crippen molar-refractivity contribution in [3.63, 3.8) is 0 Å². The fourth-order valence-electron chi connectivity index (χ4n) is 15.9. The number of aliphatic hydroxyl groups excluding tert-OH is 9. The summed E-state index contributed by atoms with van der Waals surface area (Å²) in [5, 5.41) is 112. The first-order valence-electron chi connectivity index (χ1n) is 28.3. The molecule has 1 spiro atoms. The Morgan fingerprint density at radius 2 is 1.36 bits per heavy atom. The fourth-order valence-corrected chi connectivity index (χ4v) is 16.4. The van der Waals surface area contributed by atoms with Crippen molar-refractivity contribution in [3.8, 4) is 0 Å². The Kier molecular flexibility index (Phi) is 18.5. The van der Waals surface area contributed by atoms with Crippen LogP contribution >= 0.6 is 0 Å². The predicted molar refractivity (Wildman–Crippen MR) is 278 cm³/mol. The maximum Gasteiger partial charge on any atom is 0.397 e. The number of ether oxygens (including phenoxy) is 11. The fraction of sp³-hybridized carbons (Fsp3) is 0.855. The first-order chi connectivity index (χ1) is 38.8. The monoisotopic (exact) mass is 1210 g/mol. The molecule has 28 heteroatoms. The Hall–Kier alpha value is -2.73. The van der Waals surface area contributed by atoms with Gasteiger partial charge in [0.1, 0.15) is 97.0 Å². The largest absolute Gasteiger partial charge is 0.459 e. The average Bonchev–Trinajstić information content (AvgIpc) is 1.58. The molecule has 4 aliphatic carbocycles. The van der Waals surface area contributed by atoms with E-state index >= 15 is 0 Å². The summed E-state index contributed by atoms with van der Waals surface area (Å²) in [6, 6.07) is 0. The number of aliphatic hydroxyl groups is 10. The number of allylic oxidation sites excluding steroid dienone is 5. The number of cyclic esters (lactones) is 1. The van der Waals surface area contributed by atoms with E-state index in [2.05, 4.69) is 13.0 Å². The first kappa shape index (κ1) is 64.7. The predicted octanol–water partition coefficient (Wildman–Crippen LogP) is -1.52. The molecule has 5 heterocycles.